The Hall–Kier alpha value is -1.25. The number of methoxy groups -OCH3 is 2. The van der Waals surface area contributed by atoms with E-state index in [4.69, 9.17) is 9.47 Å². The van der Waals surface area contributed by atoms with Crippen molar-refractivity contribution in [2.75, 3.05) is 14.2 Å². The van der Waals surface area contributed by atoms with Crippen molar-refractivity contribution in [2.45, 2.75) is 13.3 Å². The van der Waals surface area contributed by atoms with Gasteiger partial charge in [0.1, 0.15) is 5.75 Å². The molecule has 1 aromatic rings. The molecule has 0 fully saturated rings. The Morgan fingerprint density at radius 1 is 1.23 bits per heavy atom. The lowest BCUT2D eigenvalue weighted by Crippen LogP contribution is -1.97. The molecule has 0 saturated heterocycles. The standard InChI is InChI=1S/C10H13FO2/c1-4-7-9(12-2)6-5-8(11)10(7)13-3/h5-6H,4H2,1-3H3. The third-order valence-corrected chi connectivity index (χ3v) is 1.95. The van der Waals surface area contributed by atoms with Crippen LogP contribution in [0.25, 0.3) is 0 Å². The van der Waals surface area contributed by atoms with Crippen molar-refractivity contribution < 1.29 is 13.9 Å². The summed E-state index contributed by atoms with van der Waals surface area (Å²) < 4.78 is 23.2. The van der Waals surface area contributed by atoms with E-state index < -0.39 is 0 Å². The van der Waals surface area contributed by atoms with E-state index in [1.807, 2.05) is 6.92 Å². The Morgan fingerprint density at radius 3 is 2.38 bits per heavy atom. The van der Waals surface area contributed by atoms with Crippen molar-refractivity contribution in [3.63, 3.8) is 0 Å². The van der Waals surface area contributed by atoms with Crippen molar-refractivity contribution in [2.24, 2.45) is 0 Å². The van der Waals surface area contributed by atoms with E-state index in [9.17, 15) is 4.39 Å². The van der Waals surface area contributed by atoms with E-state index in [2.05, 4.69) is 0 Å². The zero-order chi connectivity index (χ0) is 9.84. The molecule has 0 aliphatic carbocycles. The van der Waals surface area contributed by atoms with E-state index in [0.717, 1.165) is 5.56 Å². The van der Waals surface area contributed by atoms with Crippen LogP contribution in [0.2, 0.25) is 0 Å². The molecule has 0 aliphatic heterocycles. The molecule has 0 heterocycles. The quantitative estimate of drug-likeness (QED) is 0.718. The summed E-state index contributed by atoms with van der Waals surface area (Å²) in [6.07, 6.45) is 0.685. The van der Waals surface area contributed by atoms with E-state index in [0.29, 0.717) is 12.2 Å². The predicted molar refractivity (Wildman–Crippen MR) is 48.9 cm³/mol. The Balaban J connectivity index is 3.27. The van der Waals surface area contributed by atoms with Crippen LogP contribution in [0.3, 0.4) is 0 Å². The molecular weight excluding hydrogens is 171 g/mol. The second kappa shape index (κ2) is 4.12. The minimum absolute atomic E-state index is 0.279. The smallest absolute Gasteiger partial charge is 0.165 e. The summed E-state index contributed by atoms with van der Waals surface area (Å²) in [6, 6.07) is 2.95. The van der Waals surface area contributed by atoms with Crippen molar-refractivity contribution >= 4 is 0 Å². The third-order valence-electron chi connectivity index (χ3n) is 1.95. The molecule has 0 saturated carbocycles. The summed E-state index contributed by atoms with van der Waals surface area (Å²) in [6.45, 7) is 1.93. The van der Waals surface area contributed by atoms with Crippen molar-refractivity contribution in [3.05, 3.63) is 23.5 Å². The van der Waals surface area contributed by atoms with Gasteiger partial charge in [0.25, 0.3) is 0 Å². The van der Waals surface area contributed by atoms with Gasteiger partial charge < -0.3 is 9.47 Å². The molecule has 13 heavy (non-hydrogen) atoms. The first-order valence-corrected chi connectivity index (χ1v) is 4.14. The number of ether oxygens (including phenoxy) is 2. The van der Waals surface area contributed by atoms with E-state index >= 15 is 0 Å². The van der Waals surface area contributed by atoms with Gasteiger partial charge in [0, 0.05) is 5.56 Å². The van der Waals surface area contributed by atoms with Gasteiger partial charge in [0.15, 0.2) is 11.6 Å². The normalized spacial score (nSPS) is 9.85. The van der Waals surface area contributed by atoms with Crippen molar-refractivity contribution in [1.29, 1.82) is 0 Å². The fourth-order valence-corrected chi connectivity index (χ4v) is 1.33. The molecule has 0 aliphatic rings. The average Bonchev–Trinajstić information content (AvgIpc) is 2.17. The van der Waals surface area contributed by atoms with Crippen LogP contribution in [-0.4, -0.2) is 14.2 Å². The lowest BCUT2D eigenvalue weighted by Gasteiger charge is -2.11. The van der Waals surface area contributed by atoms with Crippen molar-refractivity contribution in [1.82, 2.24) is 0 Å². The molecule has 1 rings (SSSR count). The highest BCUT2D eigenvalue weighted by Gasteiger charge is 2.12. The maximum Gasteiger partial charge on any atom is 0.165 e. The lowest BCUT2D eigenvalue weighted by atomic mass is 10.1. The molecular formula is C10H13FO2. The topological polar surface area (TPSA) is 18.5 Å². The molecule has 0 radical (unpaired) electrons. The van der Waals surface area contributed by atoms with E-state index in [1.54, 1.807) is 13.2 Å². The summed E-state index contributed by atoms with van der Waals surface area (Å²) in [4.78, 5) is 0. The first-order valence-electron chi connectivity index (χ1n) is 4.14. The fraction of sp³-hybridized carbons (Fsp3) is 0.400. The Bertz CT molecular complexity index is 297. The van der Waals surface area contributed by atoms with Crippen molar-refractivity contribution in [3.8, 4) is 11.5 Å². The second-order valence-corrected chi connectivity index (χ2v) is 2.62. The van der Waals surface area contributed by atoms with Gasteiger partial charge in [0.05, 0.1) is 14.2 Å². The minimum atomic E-state index is -0.347. The first kappa shape index (κ1) is 9.84. The summed E-state index contributed by atoms with van der Waals surface area (Å²) in [5.74, 6) is 0.600. The number of hydrogen-bond acceptors (Lipinski definition) is 2. The molecule has 0 bridgehead atoms. The molecule has 0 atom stereocenters. The molecule has 72 valence electrons. The van der Waals surface area contributed by atoms with E-state index in [-0.39, 0.29) is 11.6 Å². The zero-order valence-corrected chi connectivity index (χ0v) is 8.06. The minimum Gasteiger partial charge on any atom is -0.496 e. The number of benzene rings is 1. The monoisotopic (exact) mass is 184 g/mol. The van der Waals surface area contributed by atoms with Crippen LogP contribution in [0.4, 0.5) is 4.39 Å². The van der Waals surface area contributed by atoms with Gasteiger partial charge in [-0.3, -0.25) is 0 Å². The predicted octanol–water partition coefficient (Wildman–Crippen LogP) is 2.41. The number of hydrogen-bond donors (Lipinski definition) is 0. The molecule has 1 aromatic carbocycles. The Labute approximate surface area is 77.3 Å². The molecule has 0 aromatic heterocycles. The highest BCUT2D eigenvalue weighted by atomic mass is 19.1. The maximum absolute atomic E-state index is 13.2. The molecule has 0 spiro atoms. The largest absolute Gasteiger partial charge is 0.496 e. The van der Waals surface area contributed by atoms with Crippen LogP contribution in [0.1, 0.15) is 12.5 Å². The van der Waals surface area contributed by atoms with Crippen LogP contribution in [0, 0.1) is 5.82 Å². The van der Waals surface area contributed by atoms with Crippen LogP contribution < -0.4 is 9.47 Å². The van der Waals surface area contributed by atoms with Gasteiger partial charge >= 0.3 is 0 Å². The van der Waals surface area contributed by atoms with Gasteiger partial charge in [-0.1, -0.05) is 6.92 Å². The van der Waals surface area contributed by atoms with Crippen LogP contribution in [0.5, 0.6) is 11.5 Å². The maximum atomic E-state index is 13.2. The molecule has 0 N–H and O–H groups in total. The summed E-state index contributed by atoms with van der Waals surface area (Å²) >= 11 is 0. The molecule has 0 amide bonds. The lowest BCUT2D eigenvalue weighted by molar-refractivity contribution is 0.366. The van der Waals surface area contributed by atoms with Gasteiger partial charge in [-0.15, -0.1) is 0 Å². The highest BCUT2D eigenvalue weighted by molar-refractivity contribution is 5.45. The van der Waals surface area contributed by atoms with Gasteiger partial charge in [-0.05, 0) is 18.6 Å². The van der Waals surface area contributed by atoms with E-state index in [1.165, 1.54) is 13.2 Å². The fourth-order valence-electron chi connectivity index (χ4n) is 1.33. The highest BCUT2D eigenvalue weighted by Crippen LogP contribution is 2.31. The summed E-state index contributed by atoms with van der Waals surface area (Å²) in [5.41, 5.74) is 0.769. The third kappa shape index (κ3) is 1.74. The van der Waals surface area contributed by atoms with Crippen LogP contribution >= 0.6 is 0 Å². The SMILES string of the molecule is CCc1c(OC)ccc(F)c1OC. The average molecular weight is 184 g/mol. The molecule has 0 unspecified atom stereocenters. The van der Waals surface area contributed by atoms with Gasteiger partial charge in [0.2, 0.25) is 0 Å². The molecule has 3 heteroatoms. The summed E-state index contributed by atoms with van der Waals surface area (Å²) in [7, 11) is 3.02. The van der Waals surface area contributed by atoms with Crippen LogP contribution in [-0.2, 0) is 6.42 Å². The molecule has 2 nitrogen and oxygen atoms in total. The first-order chi connectivity index (χ1) is 6.24. The number of halogens is 1. The Morgan fingerprint density at radius 2 is 1.92 bits per heavy atom. The number of rotatable bonds is 3. The second-order valence-electron chi connectivity index (χ2n) is 2.62. The van der Waals surface area contributed by atoms with Gasteiger partial charge in [-0.25, -0.2) is 4.39 Å². The summed E-state index contributed by atoms with van der Waals surface area (Å²) in [5, 5.41) is 0. The van der Waals surface area contributed by atoms with Crippen LogP contribution in [0.15, 0.2) is 12.1 Å². The zero-order valence-electron chi connectivity index (χ0n) is 8.06. The Kier molecular flexibility index (Phi) is 3.12. The van der Waals surface area contributed by atoms with Gasteiger partial charge in [-0.2, -0.15) is 0 Å².